The van der Waals surface area contributed by atoms with Gasteiger partial charge in [-0.05, 0) is 31.4 Å². The first-order valence-electron chi connectivity index (χ1n) is 8.00. The predicted molar refractivity (Wildman–Crippen MR) is 81.8 cm³/mol. The molecule has 1 N–H and O–H groups in total. The number of morpholine rings is 1. The van der Waals surface area contributed by atoms with Gasteiger partial charge in [0.05, 0.1) is 12.7 Å². The van der Waals surface area contributed by atoms with E-state index in [0.29, 0.717) is 18.2 Å². The van der Waals surface area contributed by atoms with Gasteiger partial charge in [-0.3, -0.25) is 4.90 Å². The summed E-state index contributed by atoms with van der Waals surface area (Å²) in [7, 11) is 0. The van der Waals surface area contributed by atoms with E-state index in [1.807, 2.05) is 0 Å². The molecule has 3 nitrogen and oxygen atoms in total. The molecule has 110 valence electrons. The fraction of sp³-hybridized carbons (Fsp3) is 0.647. The number of hydrogen-bond donors (Lipinski definition) is 1. The molecular weight excluding hydrogens is 248 g/mol. The van der Waals surface area contributed by atoms with Gasteiger partial charge in [0.2, 0.25) is 0 Å². The van der Waals surface area contributed by atoms with E-state index in [9.17, 15) is 0 Å². The second-order valence-corrected chi connectivity index (χ2v) is 6.03. The number of hydrogen-bond acceptors (Lipinski definition) is 3. The predicted octanol–water partition coefficient (Wildman–Crippen LogP) is 2.59. The van der Waals surface area contributed by atoms with Crippen molar-refractivity contribution in [1.29, 1.82) is 0 Å². The number of nitrogens with one attached hydrogen (secondary N) is 1. The van der Waals surface area contributed by atoms with E-state index < -0.39 is 0 Å². The molecule has 3 heteroatoms. The normalized spacial score (nSPS) is 28.2. The van der Waals surface area contributed by atoms with Gasteiger partial charge >= 0.3 is 0 Å². The van der Waals surface area contributed by atoms with Crippen molar-refractivity contribution in [3.63, 3.8) is 0 Å². The third-order valence-electron chi connectivity index (χ3n) is 4.66. The molecule has 3 rings (SSSR count). The van der Waals surface area contributed by atoms with Gasteiger partial charge in [0, 0.05) is 25.2 Å². The Kier molecular flexibility index (Phi) is 4.71. The standard InChI is InChI=1S/C17H26N2O/c1-2-17(14-7-4-3-5-8-14)18-11-16-12-19-10-6-9-15(19)13-20-16/h3-5,7-8,15-18H,2,6,9-13H2,1H3. The molecular formula is C17H26N2O. The van der Waals surface area contributed by atoms with Crippen molar-refractivity contribution >= 4 is 0 Å². The summed E-state index contributed by atoms with van der Waals surface area (Å²) in [5, 5.41) is 3.68. The quantitative estimate of drug-likeness (QED) is 0.893. The second kappa shape index (κ2) is 6.70. The lowest BCUT2D eigenvalue weighted by Crippen LogP contribution is -2.49. The number of ether oxygens (including phenoxy) is 1. The van der Waals surface area contributed by atoms with E-state index in [4.69, 9.17) is 4.74 Å². The molecule has 2 aliphatic heterocycles. The molecule has 0 aliphatic carbocycles. The van der Waals surface area contributed by atoms with Gasteiger partial charge in [-0.1, -0.05) is 37.3 Å². The van der Waals surface area contributed by atoms with E-state index in [-0.39, 0.29) is 0 Å². The zero-order valence-corrected chi connectivity index (χ0v) is 12.4. The van der Waals surface area contributed by atoms with Crippen molar-refractivity contribution in [3.05, 3.63) is 35.9 Å². The minimum atomic E-state index is 0.349. The fourth-order valence-electron chi connectivity index (χ4n) is 3.47. The molecule has 3 atom stereocenters. The van der Waals surface area contributed by atoms with Crippen LogP contribution < -0.4 is 5.32 Å². The third-order valence-corrected chi connectivity index (χ3v) is 4.66. The van der Waals surface area contributed by atoms with Crippen molar-refractivity contribution < 1.29 is 4.74 Å². The molecule has 0 radical (unpaired) electrons. The maximum atomic E-state index is 6.02. The molecule has 0 amide bonds. The molecule has 0 bridgehead atoms. The number of fused-ring (bicyclic) bond motifs is 1. The molecule has 2 aliphatic rings. The van der Waals surface area contributed by atoms with Crippen LogP contribution in [0.5, 0.6) is 0 Å². The highest BCUT2D eigenvalue weighted by Gasteiger charge is 2.32. The Labute approximate surface area is 122 Å². The summed E-state index contributed by atoms with van der Waals surface area (Å²) in [6.45, 7) is 6.48. The van der Waals surface area contributed by atoms with Crippen molar-refractivity contribution in [2.45, 2.75) is 44.4 Å². The van der Waals surface area contributed by atoms with Crippen molar-refractivity contribution in [3.8, 4) is 0 Å². The van der Waals surface area contributed by atoms with Crippen LogP contribution in [0, 0.1) is 0 Å². The molecule has 1 aromatic carbocycles. The van der Waals surface area contributed by atoms with Gasteiger partial charge in [0.15, 0.2) is 0 Å². The summed E-state index contributed by atoms with van der Waals surface area (Å²) in [5.41, 5.74) is 1.38. The van der Waals surface area contributed by atoms with E-state index in [0.717, 1.165) is 26.1 Å². The Balaban J connectivity index is 1.51. The molecule has 0 spiro atoms. The molecule has 2 saturated heterocycles. The molecule has 20 heavy (non-hydrogen) atoms. The average molecular weight is 274 g/mol. The largest absolute Gasteiger partial charge is 0.374 e. The molecule has 3 unspecified atom stereocenters. The maximum Gasteiger partial charge on any atom is 0.0827 e. The van der Waals surface area contributed by atoms with Gasteiger partial charge in [0.25, 0.3) is 0 Å². The summed E-state index contributed by atoms with van der Waals surface area (Å²) < 4.78 is 6.02. The topological polar surface area (TPSA) is 24.5 Å². The highest BCUT2D eigenvalue weighted by molar-refractivity contribution is 5.18. The first-order chi connectivity index (χ1) is 9.86. The Bertz CT molecular complexity index is 409. The Morgan fingerprint density at radius 3 is 3.00 bits per heavy atom. The van der Waals surface area contributed by atoms with Crippen LogP contribution in [0.15, 0.2) is 30.3 Å². The number of rotatable bonds is 5. The minimum absolute atomic E-state index is 0.349. The van der Waals surface area contributed by atoms with Crippen LogP contribution in [0.1, 0.15) is 37.8 Å². The summed E-state index contributed by atoms with van der Waals surface area (Å²) in [6.07, 6.45) is 4.13. The lowest BCUT2D eigenvalue weighted by atomic mass is 10.0. The van der Waals surface area contributed by atoms with Crippen LogP contribution in [0.2, 0.25) is 0 Å². The Hall–Kier alpha value is -0.900. The second-order valence-electron chi connectivity index (χ2n) is 6.03. The van der Waals surface area contributed by atoms with Crippen LogP contribution in [-0.2, 0) is 4.74 Å². The van der Waals surface area contributed by atoms with E-state index in [1.165, 1.54) is 24.9 Å². The smallest absolute Gasteiger partial charge is 0.0827 e. The SMILES string of the molecule is CCC(NCC1CN2CCCC2CO1)c1ccccc1. The van der Waals surface area contributed by atoms with Crippen molar-refractivity contribution in [2.75, 3.05) is 26.2 Å². The van der Waals surface area contributed by atoms with Gasteiger partial charge in [-0.2, -0.15) is 0 Å². The molecule has 2 fully saturated rings. The number of nitrogens with zero attached hydrogens (tertiary/aromatic N) is 1. The summed E-state index contributed by atoms with van der Waals surface area (Å²) in [5.74, 6) is 0. The fourth-order valence-corrected chi connectivity index (χ4v) is 3.47. The van der Waals surface area contributed by atoms with Gasteiger partial charge < -0.3 is 10.1 Å². The lowest BCUT2D eigenvalue weighted by molar-refractivity contribution is -0.0479. The van der Waals surface area contributed by atoms with E-state index >= 15 is 0 Å². The first-order valence-corrected chi connectivity index (χ1v) is 8.00. The molecule has 2 heterocycles. The van der Waals surface area contributed by atoms with Gasteiger partial charge in [-0.25, -0.2) is 0 Å². The molecule has 0 aromatic heterocycles. The Morgan fingerprint density at radius 1 is 1.35 bits per heavy atom. The van der Waals surface area contributed by atoms with Crippen molar-refractivity contribution in [2.24, 2.45) is 0 Å². The minimum Gasteiger partial charge on any atom is -0.374 e. The molecule has 0 saturated carbocycles. The summed E-state index contributed by atoms with van der Waals surface area (Å²) >= 11 is 0. The summed E-state index contributed by atoms with van der Waals surface area (Å²) in [6, 6.07) is 11.9. The monoisotopic (exact) mass is 274 g/mol. The zero-order valence-electron chi connectivity index (χ0n) is 12.4. The van der Waals surface area contributed by atoms with Gasteiger partial charge in [0.1, 0.15) is 0 Å². The molecule has 1 aromatic rings. The van der Waals surface area contributed by atoms with Gasteiger partial charge in [-0.15, -0.1) is 0 Å². The average Bonchev–Trinajstić information content (AvgIpc) is 2.96. The van der Waals surface area contributed by atoms with Crippen LogP contribution in [-0.4, -0.2) is 43.3 Å². The zero-order chi connectivity index (χ0) is 13.8. The highest BCUT2D eigenvalue weighted by atomic mass is 16.5. The summed E-state index contributed by atoms with van der Waals surface area (Å²) in [4.78, 5) is 2.61. The van der Waals surface area contributed by atoms with E-state index in [1.54, 1.807) is 0 Å². The maximum absolute atomic E-state index is 6.02. The van der Waals surface area contributed by atoms with Crippen LogP contribution in [0.3, 0.4) is 0 Å². The third kappa shape index (κ3) is 3.22. The highest BCUT2D eigenvalue weighted by Crippen LogP contribution is 2.23. The van der Waals surface area contributed by atoms with Crippen molar-refractivity contribution in [1.82, 2.24) is 10.2 Å². The van der Waals surface area contributed by atoms with Crippen LogP contribution >= 0.6 is 0 Å². The number of benzene rings is 1. The van der Waals surface area contributed by atoms with E-state index in [2.05, 4.69) is 47.5 Å². The first kappa shape index (κ1) is 14.1. The van der Waals surface area contributed by atoms with Crippen LogP contribution in [0.25, 0.3) is 0 Å². The Morgan fingerprint density at radius 2 is 2.20 bits per heavy atom. The lowest BCUT2D eigenvalue weighted by Gasteiger charge is -2.36. The van der Waals surface area contributed by atoms with Crippen LogP contribution in [0.4, 0.5) is 0 Å².